The number of nitrogens with zero attached hydrogens (tertiary/aromatic N) is 2. The lowest BCUT2D eigenvalue weighted by Gasteiger charge is -2.32. The number of carboxylic acids is 1. The molecule has 1 fully saturated rings. The number of aromatic nitrogens is 1. The van der Waals surface area contributed by atoms with E-state index in [-0.39, 0.29) is 29.5 Å². The molecule has 0 radical (unpaired) electrons. The molecule has 1 aromatic heterocycles. The Kier molecular flexibility index (Phi) is 10.7. The van der Waals surface area contributed by atoms with Crippen molar-refractivity contribution < 1.29 is 32.3 Å². The fraction of sp³-hybridized carbons (Fsp3) is 0.472. The molecule has 2 N–H and O–H groups in total. The molecular weight excluding hydrogens is 614 g/mol. The second-order valence-electron chi connectivity index (χ2n) is 13.8. The molecule has 11 heteroatoms. The number of alkyl halides is 3. The Balaban J connectivity index is 1.79. The van der Waals surface area contributed by atoms with Gasteiger partial charge in [-0.2, -0.15) is 13.2 Å². The molecular formula is C36H43F4N3O4. The van der Waals surface area contributed by atoms with Gasteiger partial charge in [0.1, 0.15) is 11.9 Å². The largest absolute Gasteiger partial charge is 0.481 e. The SMILES string of the molecule is Cc1cc(-c2c(C)cccc2C)cc([C@H](CC(=O)O)NC(=O)C(CC(C)(C)C)n2cc(CCN3CCC3)c(C(F)(F)F)cc2=O)c1F. The number of aryl methyl sites for hydroxylation is 3. The van der Waals surface area contributed by atoms with Gasteiger partial charge in [0.15, 0.2) is 0 Å². The summed E-state index contributed by atoms with van der Waals surface area (Å²) < 4.78 is 58.9. The normalized spacial score (nSPS) is 15.2. The number of benzene rings is 2. The summed E-state index contributed by atoms with van der Waals surface area (Å²) in [7, 11) is 0. The molecule has 1 saturated heterocycles. The number of hydrogen-bond acceptors (Lipinski definition) is 4. The van der Waals surface area contributed by atoms with Crippen LogP contribution in [-0.2, 0) is 22.2 Å². The van der Waals surface area contributed by atoms with E-state index in [1.807, 2.05) is 57.7 Å². The maximum absolute atomic E-state index is 15.8. The third kappa shape index (κ3) is 8.68. The van der Waals surface area contributed by atoms with E-state index in [2.05, 4.69) is 5.32 Å². The lowest BCUT2D eigenvalue weighted by molar-refractivity contribution is -0.139. The van der Waals surface area contributed by atoms with E-state index in [1.165, 1.54) is 6.07 Å². The van der Waals surface area contributed by atoms with Gasteiger partial charge in [-0.1, -0.05) is 39.0 Å². The molecule has 254 valence electrons. The van der Waals surface area contributed by atoms with Crippen molar-refractivity contribution in [3.8, 4) is 11.1 Å². The number of halogens is 4. The molecule has 0 aliphatic carbocycles. The molecule has 4 rings (SSSR count). The number of pyridine rings is 1. The molecule has 2 heterocycles. The van der Waals surface area contributed by atoms with Crippen molar-refractivity contribution in [1.82, 2.24) is 14.8 Å². The van der Waals surface area contributed by atoms with Gasteiger partial charge >= 0.3 is 12.1 Å². The number of amides is 1. The first-order valence-corrected chi connectivity index (χ1v) is 15.8. The molecule has 7 nitrogen and oxygen atoms in total. The van der Waals surface area contributed by atoms with Crippen LogP contribution in [0.15, 0.2) is 47.4 Å². The topological polar surface area (TPSA) is 91.6 Å². The van der Waals surface area contributed by atoms with Crippen molar-refractivity contribution in [3.05, 3.63) is 92.1 Å². The summed E-state index contributed by atoms with van der Waals surface area (Å²) in [5.74, 6) is -2.77. The van der Waals surface area contributed by atoms with Crippen LogP contribution in [0.1, 0.15) is 85.5 Å². The number of carboxylic acid groups (broad SMARTS) is 1. The maximum atomic E-state index is 15.8. The number of carbonyl (C=O) groups is 2. The third-order valence-corrected chi connectivity index (χ3v) is 8.68. The van der Waals surface area contributed by atoms with Gasteiger partial charge in [-0.3, -0.25) is 14.4 Å². The fourth-order valence-electron chi connectivity index (χ4n) is 6.23. The first kappa shape index (κ1) is 35.9. The van der Waals surface area contributed by atoms with Crippen LogP contribution >= 0.6 is 0 Å². The second-order valence-corrected chi connectivity index (χ2v) is 13.8. The van der Waals surface area contributed by atoms with E-state index < -0.39 is 58.9 Å². The minimum Gasteiger partial charge on any atom is -0.481 e. The van der Waals surface area contributed by atoms with E-state index in [9.17, 15) is 32.7 Å². The summed E-state index contributed by atoms with van der Waals surface area (Å²) in [6.45, 7) is 12.8. The van der Waals surface area contributed by atoms with Crippen LogP contribution in [0.4, 0.5) is 17.6 Å². The number of hydrogen-bond donors (Lipinski definition) is 2. The average molecular weight is 658 g/mol. The Labute approximate surface area is 272 Å². The summed E-state index contributed by atoms with van der Waals surface area (Å²) in [5, 5.41) is 12.5. The van der Waals surface area contributed by atoms with Gasteiger partial charge in [0.2, 0.25) is 5.91 Å². The molecule has 2 aromatic carbocycles. The van der Waals surface area contributed by atoms with Crippen LogP contribution in [0.3, 0.4) is 0 Å². The number of aliphatic carboxylic acids is 1. The lowest BCUT2D eigenvalue weighted by Crippen LogP contribution is -2.42. The van der Waals surface area contributed by atoms with Crippen molar-refractivity contribution in [1.29, 1.82) is 0 Å². The highest BCUT2D eigenvalue weighted by atomic mass is 19.4. The average Bonchev–Trinajstić information content (AvgIpc) is 2.91. The van der Waals surface area contributed by atoms with E-state index in [0.29, 0.717) is 18.2 Å². The smallest absolute Gasteiger partial charge is 0.416 e. The van der Waals surface area contributed by atoms with E-state index >= 15 is 4.39 Å². The first-order valence-electron chi connectivity index (χ1n) is 15.8. The van der Waals surface area contributed by atoms with E-state index in [0.717, 1.165) is 47.0 Å². The standard InChI is InChI=1S/C36H43F4N3O4/c1-21-9-7-10-22(2)32(21)25-15-23(3)33(37)26(16-25)28(18-31(45)46)41-34(47)29(19-35(4,5)6)43-20-24(11-14-42-12-8-13-42)27(17-30(43)44)36(38,39)40/h7,9-10,15-17,20,28-29H,8,11-14,18-19H2,1-6H3,(H,41,47)(H,45,46)/t28-,29?/m0/s1. The van der Waals surface area contributed by atoms with Gasteiger partial charge in [-0.05, 0) is 104 Å². The highest BCUT2D eigenvalue weighted by molar-refractivity contribution is 5.82. The fourth-order valence-corrected chi connectivity index (χ4v) is 6.23. The monoisotopic (exact) mass is 657 g/mol. The summed E-state index contributed by atoms with van der Waals surface area (Å²) in [6, 6.07) is 6.81. The van der Waals surface area contributed by atoms with Gasteiger partial charge in [-0.25, -0.2) is 4.39 Å². The van der Waals surface area contributed by atoms with Crippen molar-refractivity contribution >= 4 is 11.9 Å². The Morgan fingerprint density at radius 1 is 1.00 bits per heavy atom. The minimum atomic E-state index is -4.77. The Hall–Kier alpha value is -3.99. The summed E-state index contributed by atoms with van der Waals surface area (Å²) in [6.07, 6.45) is -3.30. The Bertz CT molecular complexity index is 1680. The van der Waals surface area contributed by atoms with Crippen LogP contribution < -0.4 is 10.9 Å². The molecule has 1 unspecified atom stereocenters. The number of likely N-dealkylation sites (tertiary alicyclic amines) is 1. The van der Waals surface area contributed by atoms with Gasteiger partial charge in [0, 0.05) is 24.4 Å². The van der Waals surface area contributed by atoms with Crippen molar-refractivity contribution in [2.45, 2.75) is 85.5 Å². The summed E-state index contributed by atoms with van der Waals surface area (Å²) in [4.78, 5) is 41.4. The molecule has 47 heavy (non-hydrogen) atoms. The van der Waals surface area contributed by atoms with Gasteiger partial charge in [0.25, 0.3) is 5.56 Å². The number of nitrogens with one attached hydrogen (secondary N) is 1. The predicted molar refractivity (Wildman–Crippen MR) is 173 cm³/mol. The van der Waals surface area contributed by atoms with Crippen LogP contribution in [0.2, 0.25) is 0 Å². The molecule has 1 aliphatic heterocycles. The predicted octanol–water partition coefficient (Wildman–Crippen LogP) is 7.16. The van der Waals surface area contributed by atoms with Crippen LogP contribution in [0.5, 0.6) is 0 Å². The van der Waals surface area contributed by atoms with Gasteiger partial charge < -0.3 is 19.9 Å². The first-order chi connectivity index (χ1) is 21.9. The molecule has 3 aromatic rings. The zero-order valence-electron chi connectivity index (χ0n) is 27.7. The van der Waals surface area contributed by atoms with Gasteiger partial charge in [-0.15, -0.1) is 0 Å². The molecule has 2 atom stereocenters. The second kappa shape index (κ2) is 14.0. The summed E-state index contributed by atoms with van der Waals surface area (Å²) >= 11 is 0. The van der Waals surface area contributed by atoms with Crippen LogP contribution in [0, 0.1) is 32.0 Å². The summed E-state index contributed by atoms with van der Waals surface area (Å²) in [5.41, 5.74) is 0.831. The zero-order chi connectivity index (χ0) is 34.8. The minimum absolute atomic E-state index is 0.0240. The van der Waals surface area contributed by atoms with Crippen molar-refractivity contribution in [3.63, 3.8) is 0 Å². The molecule has 1 amide bonds. The Morgan fingerprint density at radius 3 is 2.17 bits per heavy atom. The molecule has 0 saturated carbocycles. The lowest BCUT2D eigenvalue weighted by atomic mass is 9.87. The molecule has 0 spiro atoms. The van der Waals surface area contributed by atoms with Gasteiger partial charge in [0.05, 0.1) is 18.0 Å². The number of rotatable bonds is 11. The molecule has 1 aliphatic rings. The Morgan fingerprint density at radius 2 is 1.64 bits per heavy atom. The number of carbonyl (C=O) groups excluding carboxylic acids is 1. The zero-order valence-corrected chi connectivity index (χ0v) is 27.7. The van der Waals surface area contributed by atoms with Crippen molar-refractivity contribution in [2.24, 2.45) is 5.41 Å². The third-order valence-electron chi connectivity index (χ3n) is 8.68. The highest BCUT2D eigenvalue weighted by Crippen LogP contribution is 2.36. The van der Waals surface area contributed by atoms with E-state index in [1.54, 1.807) is 13.0 Å². The van der Waals surface area contributed by atoms with Crippen LogP contribution in [-0.4, -0.2) is 46.1 Å². The highest BCUT2D eigenvalue weighted by Gasteiger charge is 2.37. The quantitative estimate of drug-likeness (QED) is 0.214. The molecule has 0 bridgehead atoms. The van der Waals surface area contributed by atoms with E-state index in [4.69, 9.17) is 0 Å². The maximum Gasteiger partial charge on any atom is 0.416 e. The van der Waals surface area contributed by atoms with Crippen molar-refractivity contribution in [2.75, 3.05) is 19.6 Å². The van der Waals surface area contributed by atoms with Crippen LogP contribution in [0.25, 0.3) is 11.1 Å².